The Morgan fingerprint density at radius 2 is 1.50 bits per heavy atom. The van der Waals surface area contributed by atoms with Crippen LogP contribution in [0.3, 0.4) is 0 Å². The molecule has 0 aromatic heterocycles. The number of esters is 1. The van der Waals surface area contributed by atoms with Crippen LogP contribution in [0.4, 0.5) is 5.69 Å². The molecule has 0 atom stereocenters. The molecule has 0 heterocycles. The first kappa shape index (κ1) is 21.4. The summed E-state index contributed by atoms with van der Waals surface area (Å²) in [6.07, 6.45) is 2.09. The smallest absolute Gasteiger partial charge is 0.349 e. The number of benzene rings is 3. The van der Waals surface area contributed by atoms with E-state index in [1.165, 1.54) is 5.56 Å². The van der Waals surface area contributed by atoms with Gasteiger partial charge < -0.3 is 14.8 Å². The average molecular weight is 424 g/mol. The van der Waals surface area contributed by atoms with Crippen molar-refractivity contribution in [2.24, 2.45) is 0 Å². The summed E-state index contributed by atoms with van der Waals surface area (Å²) in [6, 6.07) is 20.8. The number of carbonyl (C=O) groups is 2. The van der Waals surface area contributed by atoms with E-state index >= 15 is 0 Å². The van der Waals surface area contributed by atoms with E-state index in [-0.39, 0.29) is 12.5 Å². The molecule has 0 aliphatic heterocycles. The number of amides is 1. The van der Waals surface area contributed by atoms with Crippen LogP contribution in [0.25, 0.3) is 0 Å². The molecule has 3 aromatic rings. The maximum Gasteiger partial charge on any atom is 0.349 e. The van der Waals surface area contributed by atoms with Crippen molar-refractivity contribution in [3.8, 4) is 11.5 Å². The molecule has 154 valence electrons. The lowest BCUT2D eigenvalue weighted by atomic mass is 10.1. The van der Waals surface area contributed by atoms with Crippen molar-refractivity contribution in [2.75, 3.05) is 11.9 Å². The minimum Gasteiger partial charge on any atom is -0.482 e. The van der Waals surface area contributed by atoms with E-state index in [9.17, 15) is 9.59 Å². The van der Waals surface area contributed by atoms with E-state index in [0.29, 0.717) is 27.8 Å². The lowest BCUT2D eigenvalue weighted by Crippen LogP contribution is -2.18. The SMILES string of the molecule is CCCc1ccc(OCC(=O)Oc2ccc(C(=O)Nc3ccc(Cl)cc3)cc2)cc1. The van der Waals surface area contributed by atoms with E-state index in [1.807, 2.05) is 24.3 Å². The van der Waals surface area contributed by atoms with Crippen molar-refractivity contribution in [2.45, 2.75) is 19.8 Å². The van der Waals surface area contributed by atoms with Gasteiger partial charge in [-0.15, -0.1) is 0 Å². The Bertz CT molecular complexity index is 983. The molecular weight excluding hydrogens is 402 g/mol. The Kier molecular flexibility index (Phi) is 7.46. The van der Waals surface area contributed by atoms with Gasteiger partial charge in [-0.3, -0.25) is 4.79 Å². The molecule has 0 saturated carbocycles. The molecule has 0 unspecified atom stereocenters. The van der Waals surface area contributed by atoms with E-state index in [4.69, 9.17) is 21.1 Å². The first-order chi connectivity index (χ1) is 14.5. The molecule has 3 rings (SSSR count). The molecule has 30 heavy (non-hydrogen) atoms. The highest BCUT2D eigenvalue weighted by Crippen LogP contribution is 2.17. The number of anilines is 1. The number of carbonyl (C=O) groups excluding carboxylic acids is 2. The second-order valence-corrected chi connectivity index (χ2v) is 7.08. The number of nitrogens with one attached hydrogen (secondary N) is 1. The average Bonchev–Trinajstić information content (AvgIpc) is 2.75. The van der Waals surface area contributed by atoms with Gasteiger partial charge in [-0.25, -0.2) is 4.79 Å². The number of hydrogen-bond donors (Lipinski definition) is 1. The standard InChI is InChI=1S/C24H22ClNO4/c1-2-3-17-4-12-21(13-5-17)29-16-23(27)30-22-14-6-18(7-15-22)24(28)26-20-10-8-19(25)9-11-20/h4-15H,2-3,16H2,1H3,(H,26,28). The molecule has 0 spiro atoms. The first-order valence-corrected chi connectivity index (χ1v) is 10.0. The third-order valence-electron chi connectivity index (χ3n) is 4.27. The minimum absolute atomic E-state index is 0.202. The molecule has 0 fully saturated rings. The predicted octanol–water partition coefficient (Wildman–Crippen LogP) is 5.53. The molecule has 6 heteroatoms. The molecule has 0 aliphatic rings. The maximum atomic E-state index is 12.3. The zero-order valence-corrected chi connectivity index (χ0v) is 17.3. The second kappa shape index (κ2) is 10.5. The maximum absolute atomic E-state index is 12.3. The van der Waals surface area contributed by atoms with E-state index in [0.717, 1.165) is 12.8 Å². The van der Waals surface area contributed by atoms with Crippen LogP contribution in [-0.4, -0.2) is 18.5 Å². The molecule has 0 aliphatic carbocycles. The van der Waals surface area contributed by atoms with Gasteiger partial charge in [0.2, 0.25) is 0 Å². The number of rotatable bonds is 8. The molecule has 0 saturated heterocycles. The Hall–Kier alpha value is -3.31. The van der Waals surface area contributed by atoms with Gasteiger partial charge in [0, 0.05) is 16.3 Å². The monoisotopic (exact) mass is 423 g/mol. The fourth-order valence-electron chi connectivity index (χ4n) is 2.76. The quantitative estimate of drug-likeness (QED) is 0.382. The highest BCUT2D eigenvalue weighted by Gasteiger charge is 2.09. The van der Waals surface area contributed by atoms with Crippen LogP contribution in [-0.2, 0) is 11.2 Å². The summed E-state index contributed by atoms with van der Waals surface area (Å²) < 4.78 is 10.7. The predicted molar refractivity (Wildman–Crippen MR) is 117 cm³/mol. The van der Waals surface area contributed by atoms with Gasteiger partial charge in [0.1, 0.15) is 11.5 Å². The van der Waals surface area contributed by atoms with Crippen LogP contribution < -0.4 is 14.8 Å². The van der Waals surface area contributed by atoms with Crippen molar-refractivity contribution in [1.82, 2.24) is 0 Å². The van der Waals surface area contributed by atoms with Gasteiger partial charge in [-0.05, 0) is 72.6 Å². The molecule has 0 radical (unpaired) electrons. The molecule has 1 amide bonds. The molecule has 3 aromatic carbocycles. The summed E-state index contributed by atoms with van der Waals surface area (Å²) in [7, 11) is 0. The van der Waals surface area contributed by atoms with Crippen LogP contribution in [0, 0.1) is 0 Å². The topological polar surface area (TPSA) is 64.6 Å². The van der Waals surface area contributed by atoms with Gasteiger partial charge in [-0.2, -0.15) is 0 Å². The summed E-state index contributed by atoms with van der Waals surface area (Å²) in [5.74, 6) is 0.155. The van der Waals surface area contributed by atoms with Crippen molar-refractivity contribution in [3.05, 3.63) is 88.9 Å². The van der Waals surface area contributed by atoms with Crippen LogP contribution in [0.5, 0.6) is 11.5 Å². The molecular formula is C24H22ClNO4. The number of halogens is 1. The van der Waals surface area contributed by atoms with Crippen molar-refractivity contribution >= 4 is 29.2 Å². The summed E-state index contributed by atoms with van der Waals surface area (Å²) in [5, 5.41) is 3.36. The zero-order chi connectivity index (χ0) is 21.3. The number of hydrogen-bond acceptors (Lipinski definition) is 4. The zero-order valence-electron chi connectivity index (χ0n) is 16.6. The van der Waals surface area contributed by atoms with Crippen LogP contribution in [0.1, 0.15) is 29.3 Å². The third kappa shape index (κ3) is 6.36. The van der Waals surface area contributed by atoms with Crippen molar-refractivity contribution < 1.29 is 19.1 Å². The van der Waals surface area contributed by atoms with Gasteiger partial charge in [0.25, 0.3) is 5.91 Å². The number of aryl methyl sites for hydroxylation is 1. The van der Waals surface area contributed by atoms with Crippen molar-refractivity contribution in [3.63, 3.8) is 0 Å². The second-order valence-electron chi connectivity index (χ2n) is 6.64. The fraction of sp³-hybridized carbons (Fsp3) is 0.167. The summed E-state index contributed by atoms with van der Waals surface area (Å²) >= 11 is 5.84. The van der Waals surface area contributed by atoms with Crippen LogP contribution in [0.2, 0.25) is 5.02 Å². The van der Waals surface area contributed by atoms with E-state index in [1.54, 1.807) is 48.5 Å². The first-order valence-electron chi connectivity index (χ1n) is 9.63. The fourth-order valence-corrected chi connectivity index (χ4v) is 2.88. The molecule has 1 N–H and O–H groups in total. The molecule has 5 nitrogen and oxygen atoms in total. The van der Waals surface area contributed by atoms with E-state index < -0.39 is 5.97 Å². The Morgan fingerprint density at radius 1 is 0.867 bits per heavy atom. The van der Waals surface area contributed by atoms with Gasteiger partial charge in [-0.1, -0.05) is 37.1 Å². The summed E-state index contributed by atoms with van der Waals surface area (Å²) in [6.45, 7) is 1.92. The van der Waals surface area contributed by atoms with Gasteiger partial charge >= 0.3 is 5.97 Å². The Labute approximate surface area is 180 Å². The number of ether oxygens (including phenoxy) is 2. The summed E-state index contributed by atoms with van der Waals surface area (Å²) in [5.41, 5.74) is 2.31. The Balaban J connectivity index is 1.48. The third-order valence-corrected chi connectivity index (χ3v) is 4.52. The van der Waals surface area contributed by atoms with Crippen LogP contribution >= 0.6 is 11.6 Å². The normalized spacial score (nSPS) is 10.3. The van der Waals surface area contributed by atoms with Gasteiger partial charge in [0.05, 0.1) is 0 Å². The highest BCUT2D eigenvalue weighted by atomic mass is 35.5. The summed E-state index contributed by atoms with van der Waals surface area (Å²) in [4.78, 5) is 24.3. The van der Waals surface area contributed by atoms with Crippen molar-refractivity contribution in [1.29, 1.82) is 0 Å². The molecule has 0 bridgehead atoms. The van der Waals surface area contributed by atoms with Gasteiger partial charge in [0.15, 0.2) is 6.61 Å². The van der Waals surface area contributed by atoms with Crippen LogP contribution in [0.15, 0.2) is 72.8 Å². The lowest BCUT2D eigenvalue weighted by Gasteiger charge is -2.09. The van der Waals surface area contributed by atoms with E-state index in [2.05, 4.69) is 12.2 Å². The highest BCUT2D eigenvalue weighted by molar-refractivity contribution is 6.30. The Morgan fingerprint density at radius 3 is 2.13 bits per heavy atom. The largest absolute Gasteiger partial charge is 0.482 e. The lowest BCUT2D eigenvalue weighted by molar-refractivity contribution is -0.136. The minimum atomic E-state index is -0.522.